The second kappa shape index (κ2) is 6.91. The highest BCUT2D eigenvalue weighted by atomic mass is 32.2. The van der Waals surface area contributed by atoms with Gasteiger partial charge in [-0.25, -0.2) is 8.42 Å². The predicted molar refractivity (Wildman–Crippen MR) is 77.7 cm³/mol. The first kappa shape index (κ1) is 15.8. The highest BCUT2D eigenvalue weighted by molar-refractivity contribution is 7.89. The Morgan fingerprint density at radius 3 is 2.67 bits per heavy atom. The quantitative estimate of drug-likeness (QED) is 0.856. The number of hydrogen-bond acceptors (Lipinski definition) is 4. The van der Waals surface area contributed by atoms with Crippen LogP contribution in [0.15, 0.2) is 30.3 Å². The van der Waals surface area contributed by atoms with Crippen molar-refractivity contribution >= 4 is 16.0 Å². The number of hydrogen-bond donors (Lipinski definition) is 1. The predicted octanol–water partition coefficient (Wildman–Crippen LogP) is 1.33. The van der Waals surface area contributed by atoms with Gasteiger partial charge in [-0.3, -0.25) is 4.79 Å². The number of carboxylic acids is 1. The monoisotopic (exact) mass is 313 g/mol. The zero-order chi connectivity index (χ0) is 15.3. The van der Waals surface area contributed by atoms with Crippen molar-refractivity contribution in [2.24, 2.45) is 0 Å². The summed E-state index contributed by atoms with van der Waals surface area (Å²) in [7, 11) is -3.62. The summed E-state index contributed by atoms with van der Waals surface area (Å²) < 4.78 is 31.0. The van der Waals surface area contributed by atoms with Crippen molar-refractivity contribution in [3.63, 3.8) is 0 Å². The van der Waals surface area contributed by atoms with Gasteiger partial charge in [-0.15, -0.1) is 0 Å². The highest BCUT2D eigenvalue weighted by Gasteiger charge is 2.36. The maximum atomic E-state index is 12.3. The van der Waals surface area contributed by atoms with E-state index in [1.165, 1.54) is 0 Å². The van der Waals surface area contributed by atoms with Gasteiger partial charge >= 0.3 is 5.97 Å². The first-order chi connectivity index (χ1) is 10.0. The molecular weight excluding hydrogens is 294 g/mol. The number of aliphatic carboxylic acids is 1. The van der Waals surface area contributed by atoms with Crippen LogP contribution in [0.3, 0.4) is 0 Å². The van der Waals surface area contributed by atoms with Crippen molar-refractivity contribution in [1.29, 1.82) is 0 Å². The molecule has 0 bridgehead atoms. The molecule has 1 aromatic rings. The number of benzene rings is 1. The molecule has 116 valence electrons. The Morgan fingerprint density at radius 2 is 2.00 bits per heavy atom. The van der Waals surface area contributed by atoms with Crippen molar-refractivity contribution < 1.29 is 23.1 Å². The van der Waals surface area contributed by atoms with E-state index in [9.17, 15) is 13.2 Å². The first-order valence-corrected chi connectivity index (χ1v) is 8.52. The van der Waals surface area contributed by atoms with E-state index in [0.717, 1.165) is 10.7 Å². The van der Waals surface area contributed by atoms with Gasteiger partial charge in [0.1, 0.15) is 18.4 Å². The minimum Gasteiger partial charge on any atom is -0.492 e. The Balaban J connectivity index is 1.95. The Labute approximate surface area is 124 Å². The van der Waals surface area contributed by atoms with Gasteiger partial charge in [-0.2, -0.15) is 4.31 Å². The maximum Gasteiger partial charge on any atom is 0.322 e. The van der Waals surface area contributed by atoms with Crippen LogP contribution in [0.2, 0.25) is 0 Å². The molecular formula is C14H19NO5S. The van der Waals surface area contributed by atoms with Gasteiger partial charge in [0.15, 0.2) is 0 Å². The van der Waals surface area contributed by atoms with Crippen LogP contribution in [0, 0.1) is 0 Å². The number of carbonyl (C=O) groups is 1. The first-order valence-electron chi connectivity index (χ1n) is 6.91. The number of sulfonamides is 1. The fraction of sp³-hybridized carbons (Fsp3) is 0.500. The summed E-state index contributed by atoms with van der Waals surface area (Å²) in [6, 6.07) is 7.99. The van der Waals surface area contributed by atoms with Crippen LogP contribution in [-0.2, 0) is 14.8 Å². The van der Waals surface area contributed by atoms with Gasteiger partial charge < -0.3 is 9.84 Å². The van der Waals surface area contributed by atoms with Crippen molar-refractivity contribution in [2.75, 3.05) is 18.9 Å². The van der Waals surface area contributed by atoms with E-state index in [2.05, 4.69) is 0 Å². The number of ether oxygens (including phenoxy) is 1. The zero-order valence-electron chi connectivity index (χ0n) is 11.6. The van der Waals surface area contributed by atoms with E-state index < -0.39 is 22.0 Å². The van der Waals surface area contributed by atoms with E-state index >= 15 is 0 Å². The van der Waals surface area contributed by atoms with E-state index in [1.54, 1.807) is 24.3 Å². The van der Waals surface area contributed by atoms with Gasteiger partial charge in [0, 0.05) is 6.54 Å². The van der Waals surface area contributed by atoms with Crippen molar-refractivity contribution in [2.45, 2.75) is 25.3 Å². The molecule has 0 amide bonds. The van der Waals surface area contributed by atoms with Crippen LogP contribution in [0.4, 0.5) is 0 Å². The molecule has 1 saturated heterocycles. The van der Waals surface area contributed by atoms with Gasteiger partial charge in [-0.05, 0) is 31.4 Å². The van der Waals surface area contributed by atoms with Crippen molar-refractivity contribution in [3.8, 4) is 5.75 Å². The van der Waals surface area contributed by atoms with E-state index in [-0.39, 0.29) is 18.9 Å². The second-order valence-corrected chi connectivity index (χ2v) is 6.98. The Kier molecular flexibility index (Phi) is 5.19. The average Bonchev–Trinajstić information content (AvgIpc) is 2.48. The lowest BCUT2D eigenvalue weighted by Crippen LogP contribution is -2.49. The van der Waals surface area contributed by atoms with Crippen LogP contribution in [0.25, 0.3) is 0 Å². The van der Waals surface area contributed by atoms with Crippen LogP contribution < -0.4 is 4.74 Å². The van der Waals surface area contributed by atoms with Gasteiger partial charge in [0.25, 0.3) is 0 Å². The number of rotatable bonds is 6. The summed E-state index contributed by atoms with van der Waals surface area (Å²) in [5.74, 6) is -0.700. The van der Waals surface area contributed by atoms with Gasteiger partial charge in [-0.1, -0.05) is 18.2 Å². The molecule has 0 spiro atoms. The molecule has 6 nitrogen and oxygen atoms in total. The summed E-state index contributed by atoms with van der Waals surface area (Å²) >= 11 is 0. The lowest BCUT2D eigenvalue weighted by atomic mass is 10.1. The van der Waals surface area contributed by atoms with Crippen LogP contribution >= 0.6 is 0 Å². The minimum absolute atomic E-state index is 0.00911. The number of nitrogens with zero attached hydrogens (tertiary/aromatic N) is 1. The Hall–Kier alpha value is -1.60. The van der Waals surface area contributed by atoms with Gasteiger partial charge in [0.05, 0.1) is 5.75 Å². The molecule has 2 rings (SSSR count). The molecule has 0 aliphatic carbocycles. The fourth-order valence-electron chi connectivity index (χ4n) is 2.38. The molecule has 1 aromatic carbocycles. The van der Waals surface area contributed by atoms with E-state index in [1.807, 2.05) is 6.07 Å². The molecule has 7 heteroatoms. The van der Waals surface area contributed by atoms with Crippen molar-refractivity contribution in [3.05, 3.63) is 30.3 Å². The van der Waals surface area contributed by atoms with Crippen LogP contribution in [0.1, 0.15) is 19.3 Å². The second-order valence-electron chi connectivity index (χ2n) is 4.94. The third kappa shape index (κ3) is 4.18. The molecule has 1 fully saturated rings. The molecule has 0 aromatic heterocycles. The third-order valence-electron chi connectivity index (χ3n) is 3.45. The minimum atomic E-state index is -3.62. The Bertz CT molecular complexity index is 572. The number of piperidine rings is 1. The molecule has 0 radical (unpaired) electrons. The molecule has 1 heterocycles. The summed E-state index contributed by atoms with van der Waals surface area (Å²) in [5, 5.41) is 9.14. The average molecular weight is 313 g/mol. The molecule has 1 atom stereocenters. The summed E-state index contributed by atoms with van der Waals surface area (Å²) in [5.41, 5.74) is 0. The SMILES string of the molecule is O=C(O)C1CCCCN1S(=O)(=O)CCOc1ccccc1. The fourth-order valence-corrected chi connectivity index (χ4v) is 3.90. The summed E-state index contributed by atoms with van der Waals surface area (Å²) in [4.78, 5) is 11.2. The third-order valence-corrected chi connectivity index (χ3v) is 5.28. The molecule has 1 unspecified atom stereocenters. The van der Waals surface area contributed by atoms with Crippen LogP contribution in [-0.4, -0.2) is 48.7 Å². The molecule has 1 aliphatic heterocycles. The highest BCUT2D eigenvalue weighted by Crippen LogP contribution is 2.21. The number of carboxylic acid groups (broad SMARTS) is 1. The topological polar surface area (TPSA) is 83.9 Å². The Morgan fingerprint density at radius 1 is 1.29 bits per heavy atom. The van der Waals surface area contributed by atoms with E-state index in [4.69, 9.17) is 9.84 Å². The van der Waals surface area contributed by atoms with E-state index in [0.29, 0.717) is 18.6 Å². The standard InChI is InChI=1S/C14H19NO5S/c16-14(17)13-8-4-5-9-15(13)21(18,19)11-10-20-12-6-2-1-3-7-12/h1-3,6-7,13H,4-5,8-11H2,(H,16,17). The molecule has 1 aliphatic rings. The maximum absolute atomic E-state index is 12.3. The lowest BCUT2D eigenvalue weighted by molar-refractivity contribution is -0.142. The molecule has 0 saturated carbocycles. The summed E-state index contributed by atoms with van der Waals surface area (Å²) in [6.45, 7) is 0.278. The zero-order valence-corrected chi connectivity index (χ0v) is 12.5. The van der Waals surface area contributed by atoms with Crippen LogP contribution in [0.5, 0.6) is 5.75 Å². The lowest BCUT2D eigenvalue weighted by Gasteiger charge is -2.31. The van der Waals surface area contributed by atoms with Crippen molar-refractivity contribution in [1.82, 2.24) is 4.31 Å². The molecule has 21 heavy (non-hydrogen) atoms. The smallest absolute Gasteiger partial charge is 0.322 e. The summed E-state index contributed by atoms with van der Waals surface area (Å²) in [6.07, 6.45) is 1.81. The molecule has 1 N–H and O–H groups in total. The number of para-hydroxylation sites is 1. The largest absolute Gasteiger partial charge is 0.492 e. The van der Waals surface area contributed by atoms with Gasteiger partial charge in [0.2, 0.25) is 10.0 Å². The normalized spacial score (nSPS) is 20.1.